The molecule has 0 rings (SSSR count). The third kappa shape index (κ3) is 3.07. The number of rotatable bonds is 2. The van der Waals surface area contributed by atoms with E-state index in [1.807, 2.05) is 0 Å². The van der Waals surface area contributed by atoms with Crippen molar-refractivity contribution < 1.29 is 4.74 Å². The van der Waals surface area contributed by atoms with Gasteiger partial charge in [0.15, 0.2) is 0 Å². The molecule has 0 saturated carbocycles. The van der Waals surface area contributed by atoms with Crippen LogP contribution in [0.2, 0.25) is 0 Å². The van der Waals surface area contributed by atoms with Gasteiger partial charge in [-0.15, -0.1) is 0 Å². The Morgan fingerprint density at radius 1 is 1.73 bits per heavy atom. The fraction of sp³-hybridized carbons (Fsp3) is 0.250. The molecule has 0 aromatic carbocycles. The molecule has 3 nitrogen and oxygen atoms in total. The van der Waals surface area contributed by atoms with Crippen molar-refractivity contribution in [2.45, 2.75) is 6.92 Å². The molecular formula is C8H8N2O. The number of allylic oxidation sites excluding steroid dienone is 3. The molecule has 0 bridgehead atoms. The van der Waals surface area contributed by atoms with Crippen molar-refractivity contribution in [3.63, 3.8) is 0 Å². The van der Waals surface area contributed by atoms with Crippen LogP contribution in [-0.2, 0) is 4.74 Å². The van der Waals surface area contributed by atoms with E-state index in [1.54, 1.807) is 19.1 Å². The van der Waals surface area contributed by atoms with E-state index in [4.69, 9.17) is 11.8 Å². The highest BCUT2D eigenvalue weighted by Gasteiger charge is 1.95. The predicted molar refractivity (Wildman–Crippen MR) is 41.1 cm³/mol. The maximum absolute atomic E-state index is 8.40. The van der Waals surface area contributed by atoms with Gasteiger partial charge >= 0.3 is 0 Å². The Hall–Kier alpha value is -1.74. The van der Waals surface area contributed by atoms with Crippen LogP contribution in [0, 0.1) is 17.9 Å². The number of nitriles is 1. The van der Waals surface area contributed by atoms with Crippen molar-refractivity contribution in [1.82, 2.24) is 0 Å². The Morgan fingerprint density at radius 2 is 2.36 bits per heavy atom. The topological polar surface area (TPSA) is 37.4 Å². The maximum Gasteiger partial charge on any atom is 0.264 e. The number of methoxy groups -OCH3 is 1. The lowest BCUT2D eigenvalue weighted by Crippen LogP contribution is -1.76. The van der Waals surface area contributed by atoms with Gasteiger partial charge in [0.1, 0.15) is 0 Å². The van der Waals surface area contributed by atoms with E-state index in [-0.39, 0.29) is 5.70 Å². The molecule has 0 radical (unpaired) electrons. The number of hydrogen-bond donors (Lipinski definition) is 0. The first-order valence-corrected chi connectivity index (χ1v) is 2.94. The molecule has 0 spiro atoms. The summed E-state index contributed by atoms with van der Waals surface area (Å²) in [7, 11) is 1.51. The molecule has 0 aromatic rings. The van der Waals surface area contributed by atoms with E-state index in [2.05, 4.69) is 9.58 Å². The van der Waals surface area contributed by atoms with Gasteiger partial charge in [0, 0.05) is 0 Å². The van der Waals surface area contributed by atoms with E-state index in [1.165, 1.54) is 13.4 Å². The molecule has 11 heavy (non-hydrogen) atoms. The molecule has 0 aliphatic carbocycles. The van der Waals surface area contributed by atoms with Crippen molar-refractivity contribution in [2.24, 2.45) is 0 Å². The van der Waals surface area contributed by atoms with E-state index in [0.29, 0.717) is 5.57 Å². The summed E-state index contributed by atoms with van der Waals surface area (Å²) in [4.78, 5) is 3.02. The summed E-state index contributed by atoms with van der Waals surface area (Å²) in [6, 6.07) is 1.78. The average Bonchev–Trinajstić information content (AvgIpc) is 2.03. The molecule has 0 saturated heterocycles. The second kappa shape index (κ2) is 5.08. The van der Waals surface area contributed by atoms with Crippen molar-refractivity contribution in [3.05, 3.63) is 35.0 Å². The fourth-order valence-corrected chi connectivity index (χ4v) is 0.450. The molecular weight excluding hydrogens is 140 g/mol. The third-order valence-corrected chi connectivity index (χ3v) is 1.05. The summed E-state index contributed by atoms with van der Waals surface area (Å²) in [6.07, 6.45) is 3.01. The van der Waals surface area contributed by atoms with Crippen LogP contribution in [0.4, 0.5) is 0 Å². The van der Waals surface area contributed by atoms with Gasteiger partial charge in [-0.2, -0.15) is 0 Å². The molecule has 0 aliphatic rings. The molecule has 0 fully saturated rings. The molecule has 0 aliphatic heterocycles. The van der Waals surface area contributed by atoms with Gasteiger partial charge in [-0.25, -0.2) is 10.1 Å². The van der Waals surface area contributed by atoms with Gasteiger partial charge in [0.05, 0.1) is 26.0 Å². The van der Waals surface area contributed by atoms with E-state index < -0.39 is 0 Å². The van der Waals surface area contributed by atoms with E-state index in [9.17, 15) is 0 Å². The zero-order chi connectivity index (χ0) is 8.69. The number of hydrogen-bond acceptors (Lipinski definition) is 2. The van der Waals surface area contributed by atoms with Crippen LogP contribution in [0.15, 0.2) is 23.6 Å². The van der Waals surface area contributed by atoms with Crippen LogP contribution < -0.4 is 0 Å². The summed E-state index contributed by atoms with van der Waals surface area (Å²) in [5, 5.41) is 8.40. The number of ether oxygens (including phenoxy) is 1. The lowest BCUT2D eigenvalue weighted by atomic mass is 10.2. The fourth-order valence-electron chi connectivity index (χ4n) is 0.450. The molecule has 0 unspecified atom stereocenters. The Bertz CT molecular complexity index is 247. The second-order valence-electron chi connectivity index (χ2n) is 1.79. The third-order valence-electron chi connectivity index (χ3n) is 1.05. The summed E-state index contributed by atoms with van der Waals surface area (Å²) >= 11 is 0. The highest BCUT2D eigenvalue weighted by atomic mass is 16.5. The Labute approximate surface area is 66.0 Å². The highest BCUT2D eigenvalue weighted by Crippen LogP contribution is 2.05. The van der Waals surface area contributed by atoms with Crippen LogP contribution in [0.25, 0.3) is 4.85 Å². The number of nitrogens with zero attached hydrogens (tertiary/aromatic N) is 2. The molecule has 0 N–H and O–H groups in total. The summed E-state index contributed by atoms with van der Waals surface area (Å²) in [5.41, 5.74) is 0.711. The molecule has 56 valence electrons. The van der Waals surface area contributed by atoms with E-state index >= 15 is 0 Å². The van der Waals surface area contributed by atoms with Gasteiger partial charge in [-0.3, -0.25) is 0 Å². The lowest BCUT2D eigenvalue weighted by Gasteiger charge is -1.89. The van der Waals surface area contributed by atoms with E-state index in [0.717, 1.165) is 0 Å². The summed E-state index contributed by atoms with van der Waals surface area (Å²) in [5.74, 6) is 0. The minimum absolute atomic E-state index is 0.0956. The standard InChI is InChI=1S/C8H8N2O/c1-7(4-5-11-3)8(6-9)10-2/h4-5H,1,3H3. The van der Waals surface area contributed by atoms with Crippen molar-refractivity contribution in [2.75, 3.05) is 7.11 Å². The smallest absolute Gasteiger partial charge is 0.264 e. The van der Waals surface area contributed by atoms with Crippen molar-refractivity contribution >= 4 is 0 Å². The quantitative estimate of drug-likeness (QED) is 0.259. The van der Waals surface area contributed by atoms with Crippen LogP contribution in [-0.4, -0.2) is 7.11 Å². The van der Waals surface area contributed by atoms with Crippen LogP contribution in [0.3, 0.4) is 0 Å². The van der Waals surface area contributed by atoms with Gasteiger partial charge in [-0.1, -0.05) is 0 Å². The Morgan fingerprint density at radius 3 is 2.73 bits per heavy atom. The minimum Gasteiger partial charge on any atom is -0.504 e. The van der Waals surface area contributed by atoms with Gasteiger partial charge in [0.2, 0.25) is 0 Å². The molecule has 3 heteroatoms. The summed E-state index contributed by atoms with van der Waals surface area (Å²) < 4.78 is 4.62. The largest absolute Gasteiger partial charge is 0.504 e. The molecule has 0 atom stereocenters. The van der Waals surface area contributed by atoms with Crippen LogP contribution >= 0.6 is 0 Å². The highest BCUT2D eigenvalue weighted by molar-refractivity contribution is 5.37. The molecule has 0 heterocycles. The van der Waals surface area contributed by atoms with Crippen molar-refractivity contribution in [3.8, 4) is 6.07 Å². The predicted octanol–water partition coefficient (Wildman–Crippen LogP) is 1.86. The maximum atomic E-state index is 8.40. The van der Waals surface area contributed by atoms with Crippen LogP contribution in [0.1, 0.15) is 6.92 Å². The lowest BCUT2D eigenvalue weighted by molar-refractivity contribution is 0.338. The SMILES string of the molecule is [C-]#[N+]C(C#N)=C(C)C=COC. The first-order chi connectivity index (χ1) is 5.26. The Balaban J connectivity index is 4.56. The minimum atomic E-state index is 0.0956. The Kier molecular flexibility index (Phi) is 4.27. The van der Waals surface area contributed by atoms with Crippen LogP contribution in [0.5, 0.6) is 0 Å². The zero-order valence-electron chi connectivity index (χ0n) is 6.46. The molecule has 0 aromatic heterocycles. The van der Waals surface area contributed by atoms with Gasteiger partial charge < -0.3 is 4.74 Å². The second-order valence-corrected chi connectivity index (χ2v) is 1.79. The average molecular weight is 148 g/mol. The van der Waals surface area contributed by atoms with Gasteiger partial charge in [-0.05, 0) is 18.6 Å². The first kappa shape index (κ1) is 9.26. The molecule has 0 amide bonds. The normalized spacial score (nSPS) is 11.6. The summed E-state index contributed by atoms with van der Waals surface area (Å²) in [6.45, 7) is 8.28. The first-order valence-electron chi connectivity index (χ1n) is 2.94. The zero-order valence-corrected chi connectivity index (χ0v) is 6.46. The monoisotopic (exact) mass is 148 g/mol. The van der Waals surface area contributed by atoms with Crippen molar-refractivity contribution in [1.29, 1.82) is 5.26 Å². The van der Waals surface area contributed by atoms with Gasteiger partial charge in [0.25, 0.3) is 5.70 Å².